The van der Waals surface area contributed by atoms with E-state index in [1.807, 2.05) is 0 Å². The van der Waals surface area contributed by atoms with Crippen molar-refractivity contribution >= 4 is 53.6 Å². The molecule has 10 heavy (non-hydrogen) atoms. The van der Waals surface area contributed by atoms with Crippen LogP contribution >= 0.6 is 12.2 Å². The average molecular weight is 171 g/mol. The Bertz CT molecular complexity index is 147. The van der Waals surface area contributed by atoms with Crippen molar-refractivity contribution in [2.75, 3.05) is 0 Å². The molecule has 0 aromatic heterocycles. The van der Waals surface area contributed by atoms with E-state index in [4.69, 9.17) is 4.55 Å². The predicted octanol–water partition coefficient (Wildman–Crippen LogP) is -0.392. The van der Waals surface area contributed by atoms with E-state index in [2.05, 4.69) is 0 Å². The van der Waals surface area contributed by atoms with E-state index in [0.29, 0.717) is 0 Å². The van der Waals surface area contributed by atoms with Gasteiger partial charge < -0.3 is 4.55 Å². The van der Waals surface area contributed by atoms with E-state index in [-0.39, 0.29) is 66.4 Å². The molecule has 0 saturated carbocycles. The third-order valence-electron chi connectivity index (χ3n) is 1.09. The molecule has 1 heterocycles. The van der Waals surface area contributed by atoms with Crippen molar-refractivity contribution in [1.82, 2.24) is 4.31 Å². The number of rotatable bonds is 1. The molecule has 1 rings (SSSR count). The van der Waals surface area contributed by atoms with Crippen LogP contribution in [0.2, 0.25) is 0 Å². The molecule has 1 fully saturated rings. The van der Waals surface area contributed by atoms with Crippen molar-refractivity contribution in [3.05, 3.63) is 0 Å². The van der Waals surface area contributed by atoms with E-state index < -0.39 is 0 Å². The van der Waals surface area contributed by atoms with Crippen molar-refractivity contribution in [2.45, 2.75) is 12.8 Å². The monoisotopic (exact) mass is 171 g/mol. The molecule has 6 heteroatoms. The van der Waals surface area contributed by atoms with Crippen LogP contribution in [0, 0.1) is 0 Å². The molecule has 0 unspecified atom stereocenters. The van der Waals surface area contributed by atoms with Crippen LogP contribution in [0.5, 0.6) is 0 Å². The van der Waals surface area contributed by atoms with Gasteiger partial charge in [-0.15, -0.1) is 0 Å². The van der Waals surface area contributed by atoms with Crippen LogP contribution in [0.4, 0.5) is 0 Å². The Labute approximate surface area is 84.6 Å². The minimum atomic E-state index is -0.312. The van der Waals surface area contributed by atoms with Gasteiger partial charge in [-0.2, -0.15) is 4.31 Å². The summed E-state index contributed by atoms with van der Waals surface area (Å²) in [6.07, 6.45) is 0.457. The number of amides is 2. The van der Waals surface area contributed by atoms with E-state index >= 15 is 0 Å². The third kappa shape index (κ3) is 1.96. The molecule has 1 N–H and O–H groups in total. The SMILES string of the molecule is O=C1CCC(=O)N1SO.[NaH]. The Morgan fingerprint density at radius 2 is 1.70 bits per heavy atom. The van der Waals surface area contributed by atoms with Crippen LogP contribution in [-0.4, -0.2) is 50.2 Å². The fourth-order valence-electron chi connectivity index (χ4n) is 0.647. The third-order valence-corrected chi connectivity index (χ3v) is 1.66. The number of carbonyl (C=O) groups is 2. The molecule has 52 valence electrons. The number of hydrogen-bond donors (Lipinski definition) is 1. The summed E-state index contributed by atoms with van der Waals surface area (Å²) in [5.41, 5.74) is 0. The molecule has 0 bridgehead atoms. The maximum atomic E-state index is 10.5. The zero-order valence-electron chi connectivity index (χ0n) is 4.53. The number of imide groups is 1. The van der Waals surface area contributed by atoms with Crippen molar-refractivity contribution in [3.8, 4) is 0 Å². The van der Waals surface area contributed by atoms with Gasteiger partial charge in [0.15, 0.2) is 0 Å². The molecule has 0 aromatic rings. The van der Waals surface area contributed by atoms with E-state index in [0.717, 1.165) is 4.31 Å². The summed E-state index contributed by atoms with van der Waals surface area (Å²) in [6.45, 7) is 0. The molecule has 0 aliphatic carbocycles. The number of hydrogen-bond acceptors (Lipinski definition) is 4. The second-order valence-corrected chi connectivity index (χ2v) is 2.19. The van der Waals surface area contributed by atoms with Crippen LogP contribution in [0.15, 0.2) is 0 Å². The van der Waals surface area contributed by atoms with Crippen LogP contribution in [0.25, 0.3) is 0 Å². The van der Waals surface area contributed by atoms with Crippen LogP contribution in [-0.2, 0) is 9.59 Å². The van der Waals surface area contributed by atoms with Gasteiger partial charge in [0.05, 0.1) is 0 Å². The van der Waals surface area contributed by atoms with Gasteiger partial charge in [-0.1, -0.05) is 0 Å². The molecular weight excluding hydrogens is 165 g/mol. The second-order valence-electron chi connectivity index (χ2n) is 1.66. The van der Waals surface area contributed by atoms with Gasteiger partial charge in [0, 0.05) is 12.8 Å². The summed E-state index contributed by atoms with van der Waals surface area (Å²) in [4.78, 5) is 21.1. The second kappa shape index (κ2) is 4.35. The molecule has 0 radical (unpaired) electrons. The van der Waals surface area contributed by atoms with Gasteiger partial charge in [0.2, 0.25) is 11.8 Å². The topological polar surface area (TPSA) is 57.6 Å². The predicted molar refractivity (Wildman–Crippen MR) is 38.5 cm³/mol. The molecular formula is C4H6NNaO3S. The quantitative estimate of drug-likeness (QED) is 0.252. The van der Waals surface area contributed by atoms with Gasteiger partial charge in [-0.05, 0) is 0 Å². The average Bonchev–Trinajstić information content (AvgIpc) is 2.12. The van der Waals surface area contributed by atoms with Crippen molar-refractivity contribution in [3.63, 3.8) is 0 Å². The fraction of sp³-hybridized carbons (Fsp3) is 0.500. The van der Waals surface area contributed by atoms with Crippen molar-refractivity contribution in [2.24, 2.45) is 0 Å². The number of nitrogens with zero attached hydrogens (tertiary/aromatic N) is 1. The Hall–Kier alpha value is 0.450. The van der Waals surface area contributed by atoms with Crippen LogP contribution in [0.1, 0.15) is 12.8 Å². The maximum absolute atomic E-state index is 10.5. The summed E-state index contributed by atoms with van der Waals surface area (Å²) in [5, 5.41) is 0. The first-order valence-corrected chi connectivity index (χ1v) is 3.16. The van der Waals surface area contributed by atoms with E-state index in [9.17, 15) is 9.59 Å². The summed E-state index contributed by atoms with van der Waals surface area (Å²) in [5.74, 6) is -0.625. The van der Waals surface area contributed by atoms with E-state index in [1.54, 1.807) is 0 Å². The molecule has 1 saturated heterocycles. The molecule has 0 spiro atoms. The molecule has 4 nitrogen and oxygen atoms in total. The summed E-state index contributed by atoms with van der Waals surface area (Å²) >= 11 is 0.183. The Balaban J connectivity index is 0.000000810. The van der Waals surface area contributed by atoms with Crippen LogP contribution < -0.4 is 0 Å². The molecule has 1 aliphatic rings. The van der Waals surface area contributed by atoms with Crippen LogP contribution in [0.3, 0.4) is 0 Å². The zero-order valence-corrected chi connectivity index (χ0v) is 5.35. The van der Waals surface area contributed by atoms with Gasteiger partial charge in [-0.25, -0.2) is 0 Å². The summed E-state index contributed by atoms with van der Waals surface area (Å²) in [6, 6.07) is 0. The van der Waals surface area contributed by atoms with E-state index in [1.165, 1.54) is 0 Å². The standard InChI is InChI=1S/C4H5NO3S.Na.H/c6-3-1-2-4(7)5(3)9-8;;/h8H,1-2H2;;. The first kappa shape index (κ1) is 10.4. The Kier molecular flexibility index (Phi) is 4.55. The molecule has 2 amide bonds. The summed E-state index contributed by atoms with van der Waals surface area (Å²) < 4.78 is 9.07. The van der Waals surface area contributed by atoms with Gasteiger partial charge in [-0.3, -0.25) is 9.59 Å². The molecule has 0 atom stereocenters. The van der Waals surface area contributed by atoms with Crippen molar-refractivity contribution < 1.29 is 14.1 Å². The normalized spacial score (nSPS) is 17.5. The van der Waals surface area contributed by atoms with Gasteiger partial charge in [0.25, 0.3) is 0 Å². The number of carbonyl (C=O) groups excluding carboxylic acids is 2. The fourth-order valence-corrected chi connectivity index (χ4v) is 1.01. The molecule has 1 aliphatic heterocycles. The van der Waals surface area contributed by atoms with Gasteiger partial charge in [0.1, 0.15) is 12.2 Å². The van der Waals surface area contributed by atoms with Crippen molar-refractivity contribution in [1.29, 1.82) is 0 Å². The zero-order chi connectivity index (χ0) is 6.85. The first-order chi connectivity index (χ1) is 4.25. The summed E-state index contributed by atoms with van der Waals surface area (Å²) in [7, 11) is 0. The Morgan fingerprint density at radius 1 is 1.30 bits per heavy atom. The Morgan fingerprint density at radius 3 is 1.90 bits per heavy atom. The van der Waals surface area contributed by atoms with Gasteiger partial charge >= 0.3 is 29.6 Å². The minimum absolute atomic E-state index is 0. The molecule has 0 aromatic carbocycles. The first-order valence-electron chi connectivity index (χ1n) is 2.43.